The van der Waals surface area contributed by atoms with Crippen LogP contribution in [0.15, 0.2) is 39.9 Å². The Balaban J connectivity index is 1.56. The summed E-state index contributed by atoms with van der Waals surface area (Å²) in [5.74, 6) is -1.44. The fourth-order valence-electron chi connectivity index (χ4n) is 3.72. The molecule has 1 aromatic carbocycles. The molecule has 0 bridgehead atoms. The maximum absolute atomic E-state index is 12.9. The fraction of sp³-hybridized carbons (Fsp3) is 0.429. The van der Waals surface area contributed by atoms with Gasteiger partial charge in [-0.1, -0.05) is 30.7 Å². The molecule has 162 valence electrons. The van der Waals surface area contributed by atoms with Crippen LogP contribution in [0.25, 0.3) is 0 Å². The number of aryl methyl sites for hydroxylation is 2. The highest BCUT2D eigenvalue weighted by Crippen LogP contribution is 2.29. The van der Waals surface area contributed by atoms with Crippen LogP contribution >= 0.6 is 11.3 Å². The van der Waals surface area contributed by atoms with Crippen LogP contribution < -0.4 is 10.6 Å². The smallest absolute Gasteiger partial charge is 0.313 e. The van der Waals surface area contributed by atoms with Gasteiger partial charge >= 0.3 is 11.8 Å². The first-order valence-corrected chi connectivity index (χ1v) is 12.3. The van der Waals surface area contributed by atoms with E-state index in [4.69, 9.17) is 0 Å². The summed E-state index contributed by atoms with van der Waals surface area (Å²) in [5.41, 5.74) is 2.40. The third kappa shape index (κ3) is 5.08. The van der Waals surface area contributed by atoms with Crippen LogP contribution in [0.1, 0.15) is 36.8 Å². The van der Waals surface area contributed by atoms with Gasteiger partial charge in [0.15, 0.2) is 0 Å². The van der Waals surface area contributed by atoms with Gasteiger partial charge < -0.3 is 10.6 Å². The Labute approximate surface area is 181 Å². The molecule has 7 nitrogen and oxygen atoms in total. The van der Waals surface area contributed by atoms with Gasteiger partial charge in [0.1, 0.15) is 4.21 Å². The highest BCUT2D eigenvalue weighted by molar-refractivity contribution is 7.91. The van der Waals surface area contributed by atoms with Gasteiger partial charge in [-0.15, -0.1) is 11.3 Å². The summed E-state index contributed by atoms with van der Waals surface area (Å²) in [6, 6.07) is 8.78. The zero-order chi connectivity index (χ0) is 21.7. The summed E-state index contributed by atoms with van der Waals surface area (Å²) in [7, 11) is -3.53. The van der Waals surface area contributed by atoms with Crippen molar-refractivity contribution in [1.82, 2.24) is 9.62 Å². The number of carbonyl (C=O) groups is 2. The maximum Gasteiger partial charge on any atom is 0.313 e. The highest BCUT2D eigenvalue weighted by atomic mass is 32.2. The van der Waals surface area contributed by atoms with E-state index < -0.39 is 21.8 Å². The van der Waals surface area contributed by atoms with Gasteiger partial charge in [-0.25, -0.2) is 8.42 Å². The first kappa shape index (κ1) is 22.5. The molecule has 3 rings (SSSR count). The van der Waals surface area contributed by atoms with E-state index in [1.165, 1.54) is 11.3 Å². The van der Waals surface area contributed by atoms with E-state index in [-0.39, 0.29) is 12.6 Å². The summed E-state index contributed by atoms with van der Waals surface area (Å²) in [4.78, 5) is 24.5. The first-order valence-electron chi connectivity index (χ1n) is 10.0. The van der Waals surface area contributed by atoms with Gasteiger partial charge in [0.25, 0.3) is 10.0 Å². The van der Waals surface area contributed by atoms with Crippen molar-refractivity contribution in [2.75, 3.05) is 18.4 Å². The Bertz CT molecular complexity index is 983. The Hall–Kier alpha value is -2.23. The average molecular weight is 450 g/mol. The van der Waals surface area contributed by atoms with Crippen LogP contribution in [-0.2, 0) is 19.6 Å². The minimum Gasteiger partial charge on any atom is -0.348 e. The fourth-order valence-corrected chi connectivity index (χ4v) is 6.56. The van der Waals surface area contributed by atoms with E-state index in [2.05, 4.69) is 10.6 Å². The SMILES string of the molecule is Cc1cccc(C)c1NC(=O)C(=O)NCC[C@@H]1CCCCN1S(=O)(=O)c1cccs1. The predicted molar refractivity (Wildman–Crippen MR) is 118 cm³/mol. The van der Waals surface area contributed by atoms with E-state index in [0.29, 0.717) is 22.9 Å². The highest BCUT2D eigenvalue weighted by Gasteiger charge is 2.33. The van der Waals surface area contributed by atoms with Crippen molar-refractivity contribution in [3.05, 3.63) is 46.8 Å². The molecule has 2 N–H and O–H groups in total. The lowest BCUT2D eigenvalue weighted by atomic mass is 10.0. The number of thiophene rings is 1. The van der Waals surface area contributed by atoms with Crippen molar-refractivity contribution < 1.29 is 18.0 Å². The summed E-state index contributed by atoms with van der Waals surface area (Å²) in [6.45, 7) is 4.45. The lowest BCUT2D eigenvalue weighted by molar-refractivity contribution is -0.136. The molecule has 1 aliphatic rings. The number of benzene rings is 1. The number of nitrogens with one attached hydrogen (secondary N) is 2. The van der Waals surface area contributed by atoms with Crippen LogP contribution in [0.5, 0.6) is 0 Å². The van der Waals surface area contributed by atoms with Gasteiger partial charge in [-0.05, 0) is 55.7 Å². The molecule has 2 aromatic rings. The molecule has 1 saturated heterocycles. The van der Waals surface area contributed by atoms with Crippen LogP contribution in [-0.4, -0.2) is 43.7 Å². The predicted octanol–water partition coefficient (Wildman–Crippen LogP) is 3.05. The van der Waals surface area contributed by atoms with Crippen molar-refractivity contribution in [2.45, 2.75) is 49.8 Å². The standard InChI is InChI=1S/C21H27N3O4S2/c1-15-7-5-8-16(2)19(15)23-21(26)20(25)22-12-11-17-9-3-4-13-24(17)30(27,28)18-10-6-14-29-18/h5-8,10,14,17H,3-4,9,11-13H2,1-2H3,(H,22,25)(H,23,26)/t17-/m0/s1. The van der Waals surface area contributed by atoms with E-state index >= 15 is 0 Å². The monoisotopic (exact) mass is 449 g/mol. The lowest BCUT2D eigenvalue weighted by Gasteiger charge is -2.34. The molecular weight excluding hydrogens is 422 g/mol. The third-order valence-corrected chi connectivity index (χ3v) is 8.65. The van der Waals surface area contributed by atoms with E-state index in [0.717, 1.165) is 30.4 Å². The van der Waals surface area contributed by atoms with Gasteiger partial charge in [0, 0.05) is 24.8 Å². The van der Waals surface area contributed by atoms with E-state index in [9.17, 15) is 18.0 Å². The summed E-state index contributed by atoms with van der Waals surface area (Å²) in [6.07, 6.45) is 2.98. The quantitative estimate of drug-likeness (QED) is 0.663. The molecule has 30 heavy (non-hydrogen) atoms. The Morgan fingerprint density at radius 1 is 1.10 bits per heavy atom. The molecule has 0 radical (unpaired) electrons. The number of amides is 2. The van der Waals surface area contributed by atoms with Gasteiger partial charge in [0.05, 0.1) is 0 Å². The van der Waals surface area contributed by atoms with Gasteiger partial charge in [0.2, 0.25) is 0 Å². The normalized spacial score (nSPS) is 17.5. The second-order valence-corrected chi connectivity index (χ2v) is 10.5. The molecule has 9 heteroatoms. The lowest BCUT2D eigenvalue weighted by Crippen LogP contribution is -2.45. The summed E-state index contributed by atoms with van der Waals surface area (Å²) >= 11 is 1.21. The van der Waals surface area contributed by atoms with Crippen LogP contribution in [0.3, 0.4) is 0 Å². The number of carbonyl (C=O) groups excluding carboxylic acids is 2. The first-order chi connectivity index (χ1) is 14.3. The van der Waals surface area contributed by atoms with Crippen molar-refractivity contribution in [3.63, 3.8) is 0 Å². The molecule has 0 unspecified atom stereocenters. The summed E-state index contributed by atoms with van der Waals surface area (Å²) in [5, 5.41) is 7.04. The number of hydrogen-bond donors (Lipinski definition) is 2. The molecule has 2 amide bonds. The summed E-state index contributed by atoms with van der Waals surface area (Å²) < 4.78 is 27.7. The largest absolute Gasteiger partial charge is 0.348 e. The second-order valence-electron chi connectivity index (χ2n) is 7.46. The average Bonchev–Trinajstić information content (AvgIpc) is 3.27. The number of para-hydroxylation sites is 1. The second kappa shape index (κ2) is 9.72. The van der Waals surface area contributed by atoms with E-state index in [1.807, 2.05) is 32.0 Å². The van der Waals surface area contributed by atoms with Crippen molar-refractivity contribution in [2.24, 2.45) is 0 Å². The van der Waals surface area contributed by atoms with Crippen molar-refractivity contribution in [3.8, 4) is 0 Å². The Kier molecular flexibility index (Phi) is 7.27. The molecule has 2 heterocycles. The minimum atomic E-state index is -3.53. The number of nitrogens with zero attached hydrogens (tertiary/aromatic N) is 1. The molecule has 1 aliphatic heterocycles. The zero-order valence-electron chi connectivity index (χ0n) is 17.2. The Morgan fingerprint density at radius 3 is 2.50 bits per heavy atom. The van der Waals surface area contributed by atoms with Gasteiger partial charge in [-0.2, -0.15) is 4.31 Å². The molecule has 1 atom stereocenters. The minimum absolute atomic E-state index is 0.187. The maximum atomic E-state index is 12.9. The van der Waals surface area contributed by atoms with Crippen molar-refractivity contribution >= 4 is 38.9 Å². The number of sulfonamides is 1. The van der Waals surface area contributed by atoms with Gasteiger partial charge in [-0.3, -0.25) is 9.59 Å². The third-order valence-electron chi connectivity index (χ3n) is 5.32. The zero-order valence-corrected chi connectivity index (χ0v) is 18.8. The molecule has 1 aromatic heterocycles. The van der Waals surface area contributed by atoms with Crippen LogP contribution in [0.4, 0.5) is 5.69 Å². The number of anilines is 1. The molecular formula is C21H27N3O4S2. The number of rotatable bonds is 6. The topological polar surface area (TPSA) is 95.6 Å². The van der Waals surface area contributed by atoms with Crippen LogP contribution in [0.2, 0.25) is 0 Å². The van der Waals surface area contributed by atoms with Crippen LogP contribution in [0, 0.1) is 13.8 Å². The molecule has 0 saturated carbocycles. The number of hydrogen-bond acceptors (Lipinski definition) is 5. The number of piperidine rings is 1. The molecule has 0 aliphatic carbocycles. The Morgan fingerprint density at radius 2 is 1.83 bits per heavy atom. The molecule has 0 spiro atoms. The van der Waals surface area contributed by atoms with Crippen molar-refractivity contribution in [1.29, 1.82) is 0 Å². The van der Waals surface area contributed by atoms with E-state index in [1.54, 1.807) is 21.8 Å². The molecule has 1 fully saturated rings.